The monoisotopic (exact) mass is 403 g/mol. The van der Waals surface area contributed by atoms with Crippen molar-refractivity contribution in [1.29, 1.82) is 0 Å². The van der Waals surface area contributed by atoms with Gasteiger partial charge in [-0.1, -0.05) is 6.07 Å². The highest BCUT2D eigenvalue weighted by Gasteiger charge is 2.38. The summed E-state index contributed by atoms with van der Waals surface area (Å²) >= 11 is 0. The zero-order valence-electron chi connectivity index (χ0n) is 18.4. The summed E-state index contributed by atoms with van der Waals surface area (Å²) in [7, 11) is 0. The number of nitrogens with zero attached hydrogens (tertiary/aromatic N) is 3. The molecule has 0 radical (unpaired) electrons. The van der Waals surface area contributed by atoms with Crippen LogP contribution < -0.4 is 4.90 Å². The van der Waals surface area contributed by atoms with Gasteiger partial charge in [-0.25, -0.2) is 14.6 Å². The lowest BCUT2D eigenvalue weighted by molar-refractivity contribution is 0.0224. The molecule has 2 fully saturated rings. The van der Waals surface area contributed by atoms with E-state index in [0.717, 1.165) is 31.2 Å². The first-order valence-corrected chi connectivity index (χ1v) is 10.4. The number of anilines is 1. The van der Waals surface area contributed by atoms with E-state index < -0.39 is 11.2 Å². The lowest BCUT2D eigenvalue weighted by Gasteiger charge is -2.29. The lowest BCUT2D eigenvalue weighted by Crippen LogP contribution is -2.39. The first kappa shape index (κ1) is 21.4. The summed E-state index contributed by atoms with van der Waals surface area (Å²) in [5, 5.41) is 0. The van der Waals surface area contributed by atoms with E-state index in [9.17, 15) is 9.59 Å². The van der Waals surface area contributed by atoms with Crippen LogP contribution in [0.4, 0.5) is 15.4 Å². The Morgan fingerprint density at radius 2 is 1.69 bits per heavy atom. The summed E-state index contributed by atoms with van der Waals surface area (Å²) in [6, 6.07) is 3.90. The number of carbonyl (C=O) groups excluding carboxylic acids is 2. The summed E-state index contributed by atoms with van der Waals surface area (Å²) in [5.74, 6) is 0.590. The van der Waals surface area contributed by atoms with Crippen molar-refractivity contribution in [2.45, 2.75) is 90.5 Å². The van der Waals surface area contributed by atoms with Crippen molar-refractivity contribution in [2.75, 3.05) is 11.4 Å². The van der Waals surface area contributed by atoms with Crippen LogP contribution in [-0.4, -0.2) is 45.9 Å². The highest BCUT2D eigenvalue weighted by molar-refractivity contribution is 5.88. The number of likely N-dealkylation sites (tertiary alicyclic amines) is 1. The Balaban J connectivity index is 1.75. The molecule has 7 nitrogen and oxygen atoms in total. The van der Waals surface area contributed by atoms with E-state index in [1.165, 1.54) is 0 Å². The second-order valence-electron chi connectivity index (χ2n) is 9.86. The van der Waals surface area contributed by atoms with Crippen molar-refractivity contribution in [3.63, 3.8) is 0 Å². The third-order valence-corrected chi connectivity index (χ3v) is 4.79. The molecule has 1 aromatic rings. The molecule has 29 heavy (non-hydrogen) atoms. The minimum Gasteiger partial charge on any atom is -0.444 e. The maximum atomic E-state index is 12.7. The van der Waals surface area contributed by atoms with Gasteiger partial charge in [0.15, 0.2) is 0 Å². The summed E-state index contributed by atoms with van der Waals surface area (Å²) < 4.78 is 11.1. The number of aromatic nitrogens is 1. The Hall–Kier alpha value is -2.31. The predicted molar refractivity (Wildman–Crippen MR) is 111 cm³/mol. The molecule has 160 valence electrons. The molecule has 1 saturated carbocycles. The van der Waals surface area contributed by atoms with Gasteiger partial charge in [0, 0.05) is 18.8 Å². The maximum Gasteiger partial charge on any atom is 0.416 e. The molecular formula is C22H33N3O4. The molecule has 3 rings (SSSR count). The number of amides is 2. The Bertz CT molecular complexity index is 745. The summed E-state index contributed by atoms with van der Waals surface area (Å²) in [6.45, 7) is 11.9. The van der Waals surface area contributed by atoms with E-state index in [-0.39, 0.29) is 24.3 Å². The van der Waals surface area contributed by atoms with E-state index >= 15 is 0 Å². The number of ether oxygens (including phenoxy) is 2. The third-order valence-electron chi connectivity index (χ3n) is 4.79. The zero-order chi connectivity index (χ0) is 21.4. The highest BCUT2D eigenvalue weighted by Crippen LogP contribution is 2.35. The van der Waals surface area contributed by atoms with E-state index in [1.807, 2.05) is 53.7 Å². The van der Waals surface area contributed by atoms with E-state index in [1.54, 1.807) is 16.0 Å². The lowest BCUT2D eigenvalue weighted by atomic mass is 10.1. The first-order valence-electron chi connectivity index (χ1n) is 10.4. The number of hydrogen-bond acceptors (Lipinski definition) is 5. The molecule has 1 saturated heterocycles. The number of pyridine rings is 1. The molecule has 0 spiro atoms. The van der Waals surface area contributed by atoms with Crippen molar-refractivity contribution >= 4 is 18.0 Å². The predicted octanol–water partition coefficient (Wildman–Crippen LogP) is 5.06. The summed E-state index contributed by atoms with van der Waals surface area (Å²) in [4.78, 5) is 33.2. The summed E-state index contributed by atoms with van der Waals surface area (Å²) in [5.41, 5.74) is -0.121. The van der Waals surface area contributed by atoms with Crippen LogP contribution in [0.1, 0.15) is 78.8 Å². The third kappa shape index (κ3) is 5.61. The van der Waals surface area contributed by atoms with Crippen LogP contribution in [0.2, 0.25) is 0 Å². The Labute approximate surface area is 173 Å². The smallest absolute Gasteiger partial charge is 0.416 e. The Morgan fingerprint density at radius 1 is 1.03 bits per heavy atom. The van der Waals surface area contributed by atoms with E-state index in [2.05, 4.69) is 4.98 Å². The average molecular weight is 404 g/mol. The van der Waals surface area contributed by atoms with Crippen LogP contribution in [0, 0.1) is 0 Å². The largest absolute Gasteiger partial charge is 0.444 e. The second kappa shape index (κ2) is 7.84. The standard InChI is InChI=1S/C22H33N3O4/c1-21(2,3)28-19(26)24-13-7-8-17(24)15-9-12-18(23-14-15)25(16-10-11-16)20(27)29-22(4,5)6/h9,12,14,16-17H,7-8,10-11,13H2,1-6H3/t17-/m0/s1. The molecule has 0 aromatic carbocycles. The van der Waals surface area contributed by atoms with Gasteiger partial charge in [-0.15, -0.1) is 0 Å². The van der Waals surface area contributed by atoms with Gasteiger partial charge in [-0.2, -0.15) is 0 Å². The molecule has 1 aliphatic carbocycles. The van der Waals surface area contributed by atoms with Gasteiger partial charge >= 0.3 is 12.2 Å². The minimum absolute atomic E-state index is 0.0534. The van der Waals surface area contributed by atoms with Gasteiger partial charge in [-0.3, -0.25) is 4.90 Å². The Morgan fingerprint density at radius 3 is 2.21 bits per heavy atom. The van der Waals surface area contributed by atoms with Gasteiger partial charge in [0.2, 0.25) is 0 Å². The molecule has 2 amide bonds. The molecule has 0 unspecified atom stereocenters. The van der Waals surface area contributed by atoms with Crippen LogP contribution in [0.15, 0.2) is 18.3 Å². The quantitative estimate of drug-likeness (QED) is 0.705. The fourth-order valence-electron chi connectivity index (χ4n) is 3.46. The first-order chi connectivity index (χ1) is 13.4. The zero-order valence-corrected chi connectivity index (χ0v) is 18.4. The van der Waals surface area contributed by atoms with Crippen molar-refractivity contribution in [3.05, 3.63) is 23.9 Å². The van der Waals surface area contributed by atoms with Crippen LogP contribution in [0.5, 0.6) is 0 Å². The molecular weight excluding hydrogens is 370 g/mol. The normalized spacial score (nSPS) is 19.8. The fraction of sp³-hybridized carbons (Fsp3) is 0.682. The van der Waals surface area contributed by atoms with Crippen molar-refractivity contribution in [1.82, 2.24) is 9.88 Å². The van der Waals surface area contributed by atoms with Crippen molar-refractivity contribution in [2.24, 2.45) is 0 Å². The molecule has 2 heterocycles. The van der Waals surface area contributed by atoms with E-state index in [4.69, 9.17) is 9.47 Å². The number of carbonyl (C=O) groups is 2. The number of rotatable bonds is 3. The van der Waals surface area contributed by atoms with Gasteiger partial charge in [0.25, 0.3) is 0 Å². The molecule has 1 atom stereocenters. The van der Waals surface area contributed by atoms with Crippen molar-refractivity contribution in [3.8, 4) is 0 Å². The van der Waals surface area contributed by atoms with Crippen molar-refractivity contribution < 1.29 is 19.1 Å². The Kier molecular flexibility index (Phi) is 5.79. The minimum atomic E-state index is -0.554. The van der Waals surface area contributed by atoms with Crippen LogP contribution in [0.25, 0.3) is 0 Å². The molecule has 0 N–H and O–H groups in total. The molecule has 7 heteroatoms. The second-order valence-corrected chi connectivity index (χ2v) is 9.86. The van der Waals surface area contributed by atoms with Gasteiger partial charge in [0.05, 0.1) is 6.04 Å². The van der Waals surface area contributed by atoms with Crippen LogP contribution in [-0.2, 0) is 9.47 Å². The van der Waals surface area contributed by atoms with Crippen LogP contribution >= 0.6 is 0 Å². The molecule has 2 aliphatic rings. The summed E-state index contributed by atoms with van der Waals surface area (Å²) in [6.07, 6.45) is 4.82. The maximum absolute atomic E-state index is 12.7. The van der Waals surface area contributed by atoms with E-state index in [0.29, 0.717) is 12.4 Å². The van der Waals surface area contributed by atoms with Gasteiger partial charge in [0.1, 0.15) is 17.0 Å². The van der Waals surface area contributed by atoms with Gasteiger partial charge in [-0.05, 0) is 78.9 Å². The molecule has 1 aliphatic heterocycles. The topological polar surface area (TPSA) is 72.0 Å². The molecule has 1 aromatic heterocycles. The van der Waals surface area contributed by atoms with Crippen LogP contribution in [0.3, 0.4) is 0 Å². The average Bonchev–Trinajstić information content (AvgIpc) is 3.27. The molecule has 0 bridgehead atoms. The highest BCUT2D eigenvalue weighted by atomic mass is 16.6. The SMILES string of the molecule is CC(C)(C)OC(=O)N(c1ccc([C@@H]2CCCN2C(=O)OC(C)(C)C)cn1)C1CC1. The fourth-order valence-corrected chi connectivity index (χ4v) is 3.46. The number of hydrogen-bond donors (Lipinski definition) is 0. The van der Waals surface area contributed by atoms with Gasteiger partial charge < -0.3 is 14.4 Å².